The molecule has 146 valence electrons. The summed E-state index contributed by atoms with van der Waals surface area (Å²) in [4.78, 5) is 23.6. The van der Waals surface area contributed by atoms with Gasteiger partial charge in [0.25, 0.3) is 0 Å². The number of rotatable bonds is 9. The van der Waals surface area contributed by atoms with Crippen LogP contribution in [-0.2, 0) is 11.3 Å². The molecular weight excluding hydrogens is 334 g/mol. The summed E-state index contributed by atoms with van der Waals surface area (Å²) in [7, 11) is 0. The van der Waals surface area contributed by atoms with Crippen LogP contribution in [0.3, 0.4) is 0 Å². The molecule has 0 aliphatic heterocycles. The summed E-state index contributed by atoms with van der Waals surface area (Å²) in [6.45, 7) is 8.57. The van der Waals surface area contributed by atoms with Crippen LogP contribution in [0.2, 0.25) is 0 Å². The predicted octanol–water partition coefficient (Wildman–Crippen LogP) is 2.70. The van der Waals surface area contributed by atoms with Crippen molar-refractivity contribution in [1.82, 2.24) is 16.0 Å². The van der Waals surface area contributed by atoms with Crippen LogP contribution in [0.4, 0.5) is 9.59 Å². The molecule has 3 amide bonds. The maximum atomic E-state index is 12.0. The monoisotopic (exact) mass is 365 g/mol. The number of alkyl carbamates (subject to hydrolysis) is 1. The molecule has 0 fully saturated rings. The van der Waals surface area contributed by atoms with E-state index in [4.69, 9.17) is 4.74 Å². The molecule has 7 nitrogen and oxygen atoms in total. The number of aliphatic hydroxyl groups is 1. The molecule has 0 bridgehead atoms. The Labute approximate surface area is 155 Å². The average molecular weight is 365 g/mol. The Bertz CT molecular complexity index is 558. The van der Waals surface area contributed by atoms with Gasteiger partial charge in [-0.25, -0.2) is 9.59 Å². The molecule has 1 aromatic carbocycles. The molecule has 0 radical (unpaired) electrons. The smallest absolute Gasteiger partial charge is 0.407 e. The number of hydrogen-bond acceptors (Lipinski definition) is 4. The van der Waals surface area contributed by atoms with E-state index in [-0.39, 0.29) is 12.1 Å². The molecule has 0 heterocycles. The molecule has 0 spiro atoms. The Balaban J connectivity index is 2.42. The Hall–Kier alpha value is -2.28. The number of nitrogens with one attached hydrogen (secondary N) is 3. The second-order valence-corrected chi connectivity index (χ2v) is 6.67. The van der Waals surface area contributed by atoms with Gasteiger partial charge in [-0.3, -0.25) is 0 Å². The van der Waals surface area contributed by atoms with Gasteiger partial charge in [-0.15, -0.1) is 0 Å². The largest absolute Gasteiger partial charge is 0.450 e. The van der Waals surface area contributed by atoms with E-state index in [1.807, 2.05) is 24.3 Å². The lowest BCUT2D eigenvalue weighted by atomic mass is 10.0. The topological polar surface area (TPSA) is 99.7 Å². The summed E-state index contributed by atoms with van der Waals surface area (Å²) < 4.78 is 4.90. The van der Waals surface area contributed by atoms with Gasteiger partial charge in [0, 0.05) is 19.1 Å². The summed E-state index contributed by atoms with van der Waals surface area (Å²) in [5.41, 5.74) is 1.77. The molecule has 7 heteroatoms. The van der Waals surface area contributed by atoms with Crippen molar-refractivity contribution in [3.8, 4) is 0 Å². The van der Waals surface area contributed by atoms with Gasteiger partial charge in [-0.1, -0.05) is 38.1 Å². The predicted molar refractivity (Wildman–Crippen MR) is 101 cm³/mol. The third kappa shape index (κ3) is 8.71. The number of ether oxygens (including phenoxy) is 1. The third-order valence-corrected chi connectivity index (χ3v) is 3.78. The van der Waals surface area contributed by atoms with Gasteiger partial charge >= 0.3 is 12.1 Å². The maximum Gasteiger partial charge on any atom is 0.407 e. The second-order valence-electron chi connectivity index (χ2n) is 6.67. The highest BCUT2D eigenvalue weighted by atomic mass is 16.5. The summed E-state index contributed by atoms with van der Waals surface area (Å²) in [6, 6.07) is 6.91. The van der Waals surface area contributed by atoms with E-state index < -0.39 is 12.2 Å². The van der Waals surface area contributed by atoms with E-state index in [0.29, 0.717) is 25.6 Å². The SMILES string of the molecule is CCOC(=O)NC(CNC(=O)NCc1ccc(C(C)O)cc1)CC(C)C. The van der Waals surface area contributed by atoms with Crippen molar-refractivity contribution in [2.45, 2.75) is 52.8 Å². The first-order valence-corrected chi connectivity index (χ1v) is 9.03. The number of benzene rings is 1. The minimum absolute atomic E-state index is 0.190. The van der Waals surface area contributed by atoms with E-state index in [9.17, 15) is 14.7 Å². The average Bonchev–Trinajstić information content (AvgIpc) is 2.58. The van der Waals surface area contributed by atoms with Crippen molar-refractivity contribution >= 4 is 12.1 Å². The van der Waals surface area contributed by atoms with Gasteiger partial charge < -0.3 is 25.8 Å². The minimum Gasteiger partial charge on any atom is -0.450 e. The Morgan fingerprint density at radius 3 is 2.31 bits per heavy atom. The first kappa shape index (κ1) is 21.8. The van der Waals surface area contributed by atoms with E-state index in [1.165, 1.54) is 0 Å². The van der Waals surface area contributed by atoms with Crippen molar-refractivity contribution in [3.63, 3.8) is 0 Å². The molecular formula is C19H31N3O4. The zero-order valence-electron chi connectivity index (χ0n) is 16.0. The Morgan fingerprint density at radius 1 is 1.12 bits per heavy atom. The van der Waals surface area contributed by atoms with Crippen molar-refractivity contribution in [2.24, 2.45) is 5.92 Å². The number of amides is 3. The van der Waals surface area contributed by atoms with Gasteiger partial charge in [0.15, 0.2) is 0 Å². The van der Waals surface area contributed by atoms with Crippen LogP contribution in [0.5, 0.6) is 0 Å². The quantitative estimate of drug-likeness (QED) is 0.541. The normalized spacial score (nSPS) is 13.0. The van der Waals surface area contributed by atoms with Crippen LogP contribution in [0.15, 0.2) is 24.3 Å². The standard InChI is InChI=1S/C19H31N3O4/c1-5-26-19(25)22-17(10-13(2)3)12-21-18(24)20-11-15-6-8-16(9-7-15)14(4)23/h6-9,13-14,17,23H,5,10-12H2,1-4H3,(H,22,25)(H2,20,21,24). The molecule has 1 aromatic rings. The lowest BCUT2D eigenvalue weighted by Crippen LogP contribution is -2.47. The zero-order valence-corrected chi connectivity index (χ0v) is 16.0. The molecule has 0 saturated heterocycles. The first-order valence-electron chi connectivity index (χ1n) is 9.03. The van der Waals surface area contributed by atoms with Gasteiger partial charge in [0.2, 0.25) is 0 Å². The lowest BCUT2D eigenvalue weighted by molar-refractivity contribution is 0.146. The number of aliphatic hydroxyl groups excluding tert-OH is 1. The molecule has 2 atom stereocenters. The highest BCUT2D eigenvalue weighted by Gasteiger charge is 2.15. The van der Waals surface area contributed by atoms with Gasteiger partial charge in [-0.2, -0.15) is 0 Å². The first-order chi connectivity index (χ1) is 12.3. The molecule has 0 aromatic heterocycles. The molecule has 4 N–H and O–H groups in total. The van der Waals surface area contributed by atoms with Crippen molar-refractivity contribution in [3.05, 3.63) is 35.4 Å². The fraction of sp³-hybridized carbons (Fsp3) is 0.579. The van der Waals surface area contributed by atoms with Crippen molar-refractivity contribution in [1.29, 1.82) is 0 Å². The summed E-state index contributed by atoms with van der Waals surface area (Å²) in [5, 5.41) is 17.8. The van der Waals surface area contributed by atoms with E-state index in [0.717, 1.165) is 17.5 Å². The molecule has 0 saturated carbocycles. The number of carbonyl (C=O) groups is 2. The van der Waals surface area contributed by atoms with Crippen LogP contribution in [-0.4, -0.2) is 36.4 Å². The third-order valence-electron chi connectivity index (χ3n) is 3.78. The lowest BCUT2D eigenvalue weighted by Gasteiger charge is -2.21. The van der Waals surface area contributed by atoms with E-state index in [2.05, 4.69) is 29.8 Å². The number of urea groups is 1. The van der Waals surface area contributed by atoms with Crippen LogP contribution in [0, 0.1) is 5.92 Å². The van der Waals surface area contributed by atoms with Crippen molar-refractivity contribution < 1.29 is 19.4 Å². The van der Waals surface area contributed by atoms with Gasteiger partial charge in [0.05, 0.1) is 12.7 Å². The number of carbonyl (C=O) groups excluding carboxylic acids is 2. The number of hydrogen-bond donors (Lipinski definition) is 4. The minimum atomic E-state index is -0.509. The fourth-order valence-corrected chi connectivity index (χ4v) is 2.48. The zero-order chi connectivity index (χ0) is 19.5. The highest BCUT2D eigenvalue weighted by molar-refractivity contribution is 5.74. The van der Waals surface area contributed by atoms with Gasteiger partial charge in [0.1, 0.15) is 0 Å². The molecule has 26 heavy (non-hydrogen) atoms. The Kier molecular flexibility index (Phi) is 9.51. The van der Waals surface area contributed by atoms with Crippen LogP contribution < -0.4 is 16.0 Å². The Morgan fingerprint density at radius 2 is 1.77 bits per heavy atom. The summed E-state index contributed by atoms with van der Waals surface area (Å²) in [6.07, 6.45) is -0.247. The van der Waals surface area contributed by atoms with Gasteiger partial charge in [-0.05, 0) is 37.3 Å². The maximum absolute atomic E-state index is 12.0. The molecule has 0 aliphatic carbocycles. The highest BCUT2D eigenvalue weighted by Crippen LogP contribution is 2.12. The van der Waals surface area contributed by atoms with Crippen LogP contribution >= 0.6 is 0 Å². The molecule has 1 rings (SSSR count). The molecule has 0 aliphatic rings. The summed E-state index contributed by atoms with van der Waals surface area (Å²) in [5.74, 6) is 0.374. The van der Waals surface area contributed by atoms with Crippen LogP contribution in [0.1, 0.15) is 51.3 Å². The second kappa shape index (κ2) is 11.4. The van der Waals surface area contributed by atoms with Crippen LogP contribution in [0.25, 0.3) is 0 Å². The van der Waals surface area contributed by atoms with E-state index in [1.54, 1.807) is 13.8 Å². The molecule has 2 unspecified atom stereocenters. The fourth-order valence-electron chi connectivity index (χ4n) is 2.48. The summed E-state index contributed by atoms with van der Waals surface area (Å²) >= 11 is 0. The van der Waals surface area contributed by atoms with Crippen molar-refractivity contribution in [2.75, 3.05) is 13.2 Å². The van der Waals surface area contributed by atoms with E-state index >= 15 is 0 Å².